The van der Waals surface area contributed by atoms with Gasteiger partial charge in [0.05, 0.1) is 18.8 Å². The third kappa shape index (κ3) is 19.5. The topological polar surface area (TPSA) is 82.1 Å². The summed E-state index contributed by atoms with van der Waals surface area (Å²) in [5.41, 5.74) is 1.30. The molecule has 1 aliphatic carbocycles. The average Bonchev–Trinajstić information content (AvgIpc) is 3.37. The minimum Gasteiger partial charge on any atom is -0.466 e. The molecule has 1 aliphatic rings. The summed E-state index contributed by atoms with van der Waals surface area (Å²) in [5.74, 6) is -0.288. The summed E-state index contributed by atoms with van der Waals surface area (Å²) in [4.78, 5) is 24.0. The highest BCUT2D eigenvalue weighted by Gasteiger charge is 2.43. The second kappa shape index (κ2) is 27.4. The molecule has 1 aromatic carbocycles. The summed E-state index contributed by atoms with van der Waals surface area (Å²) in [6, 6.07) is 10.4. The maximum absolute atomic E-state index is 12.2. The van der Waals surface area contributed by atoms with E-state index in [1.165, 1.54) is 76.7 Å². The number of hydrogen-bond donors (Lipinski definition) is 1. The van der Waals surface area contributed by atoms with Crippen molar-refractivity contribution in [2.24, 2.45) is 11.8 Å². The molecule has 272 valence electrons. The van der Waals surface area contributed by atoms with Crippen LogP contribution in [-0.2, 0) is 30.2 Å². The summed E-state index contributed by atoms with van der Waals surface area (Å²) >= 11 is 0. The third-order valence-corrected chi connectivity index (χ3v) is 9.81. The smallest absolute Gasteiger partial charge is 0.305 e. The van der Waals surface area contributed by atoms with E-state index in [9.17, 15) is 14.7 Å². The fourth-order valence-electron chi connectivity index (χ4n) is 6.95. The van der Waals surface area contributed by atoms with Gasteiger partial charge in [-0.2, -0.15) is 0 Å². The van der Waals surface area contributed by atoms with E-state index in [1.807, 2.05) is 6.07 Å². The Morgan fingerprint density at radius 3 is 2.17 bits per heavy atom. The van der Waals surface area contributed by atoms with Crippen LogP contribution in [0.3, 0.4) is 0 Å². The molecule has 0 radical (unpaired) electrons. The first-order chi connectivity index (χ1) is 23.4. The predicted octanol–water partition coefficient (Wildman–Crippen LogP) is 10.3. The maximum Gasteiger partial charge on any atom is 0.305 e. The van der Waals surface area contributed by atoms with Crippen molar-refractivity contribution in [3.05, 3.63) is 60.2 Å². The zero-order valence-electron chi connectivity index (χ0n) is 30.6. The standard InChI is InChI=1S/C42H68O6/c1-4-5-6-7-8-9-10-11-12-13-14-15-18-24-33-47-42(45)28-23-17-16-22-27-38-39(41(34-40(38)44)48-35(2)43)32-31-37(46-3)30-29-36-25-20-19-21-26-36/h9-10,16,19-22,25-26,37-41,44H,4-8,11-15,17-18,23-24,27-34H2,1-3H3/b10-9+,22-16-/t37-,38+,39+,40-,41?/m0/s1. The minimum absolute atomic E-state index is 0.0316. The summed E-state index contributed by atoms with van der Waals surface area (Å²) in [7, 11) is 1.76. The first-order valence-electron chi connectivity index (χ1n) is 19.3. The van der Waals surface area contributed by atoms with E-state index < -0.39 is 6.10 Å². The van der Waals surface area contributed by atoms with Crippen molar-refractivity contribution in [1.82, 2.24) is 0 Å². The van der Waals surface area contributed by atoms with E-state index in [1.54, 1.807) is 7.11 Å². The lowest BCUT2D eigenvalue weighted by Gasteiger charge is -2.26. The lowest BCUT2D eigenvalue weighted by Crippen LogP contribution is -2.27. The number of carbonyl (C=O) groups excluding carboxylic acids is 2. The number of aliphatic hydroxyl groups excluding tert-OH is 1. The van der Waals surface area contributed by atoms with Gasteiger partial charge in [0.15, 0.2) is 0 Å². The number of aliphatic hydroxyl groups is 1. The Labute approximate surface area is 293 Å². The molecule has 0 saturated heterocycles. The van der Waals surface area contributed by atoms with Crippen LogP contribution in [0.5, 0.6) is 0 Å². The van der Waals surface area contributed by atoms with Crippen LogP contribution in [-0.4, -0.2) is 49.1 Å². The second-order valence-electron chi connectivity index (χ2n) is 13.8. The van der Waals surface area contributed by atoms with Crippen molar-refractivity contribution in [1.29, 1.82) is 0 Å². The Bertz CT molecular complexity index is 1000. The van der Waals surface area contributed by atoms with Crippen LogP contribution in [0.25, 0.3) is 0 Å². The Kier molecular flexibility index (Phi) is 23.8. The van der Waals surface area contributed by atoms with E-state index >= 15 is 0 Å². The molecule has 48 heavy (non-hydrogen) atoms. The van der Waals surface area contributed by atoms with Crippen LogP contribution in [0.2, 0.25) is 0 Å². The molecule has 1 N–H and O–H groups in total. The van der Waals surface area contributed by atoms with Gasteiger partial charge in [0.2, 0.25) is 0 Å². The molecule has 0 amide bonds. The molecule has 0 heterocycles. The van der Waals surface area contributed by atoms with E-state index in [0.717, 1.165) is 57.8 Å². The quantitative estimate of drug-likeness (QED) is 0.0544. The van der Waals surface area contributed by atoms with Gasteiger partial charge in [-0.1, -0.05) is 107 Å². The molecule has 1 fully saturated rings. The monoisotopic (exact) mass is 669 g/mol. The number of allylic oxidation sites excluding steroid dienone is 4. The molecular formula is C42H68O6. The van der Waals surface area contributed by atoms with Crippen LogP contribution in [0, 0.1) is 11.8 Å². The molecule has 1 saturated carbocycles. The number of hydrogen-bond acceptors (Lipinski definition) is 6. The molecule has 0 bridgehead atoms. The lowest BCUT2D eigenvalue weighted by atomic mass is 9.85. The molecule has 0 aliphatic heterocycles. The first kappa shape index (κ1) is 41.7. The van der Waals surface area contributed by atoms with Gasteiger partial charge >= 0.3 is 11.9 Å². The highest BCUT2D eigenvalue weighted by molar-refractivity contribution is 5.69. The van der Waals surface area contributed by atoms with Gasteiger partial charge in [-0.25, -0.2) is 0 Å². The predicted molar refractivity (Wildman–Crippen MR) is 197 cm³/mol. The SMILES string of the molecule is CCCCCC/C=C/CCCCCCCCOC(=O)CCC/C=C\C[C@H]1[C@@H](O)CC(OC(C)=O)[C@@H]1CC[C@H](CCc1ccccc1)OC. The van der Waals surface area contributed by atoms with Crippen LogP contribution < -0.4 is 0 Å². The van der Waals surface area contributed by atoms with Crippen molar-refractivity contribution >= 4 is 11.9 Å². The molecule has 6 heteroatoms. The van der Waals surface area contributed by atoms with Gasteiger partial charge in [-0.05, 0) is 88.5 Å². The Hall–Kier alpha value is -2.44. The molecule has 0 aromatic heterocycles. The number of unbranched alkanes of at least 4 members (excludes halogenated alkanes) is 11. The number of aryl methyl sites for hydroxylation is 1. The van der Waals surface area contributed by atoms with Gasteiger partial charge in [-0.15, -0.1) is 0 Å². The number of benzene rings is 1. The van der Waals surface area contributed by atoms with E-state index in [-0.39, 0.29) is 36.0 Å². The number of methoxy groups -OCH3 is 1. The van der Waals surface area contributed by atoms with Gasteiger partial charge in [0, 0.05) is 32.8 Å². The van der Waals surface area contributed by atoms with Gasteiger partial charge in [0.1, 0.15) is 6.10 Å². The number of esters is 2. The highest BCUT2D eigenvalue weighted by Crippen LogP contribution is 2.40. The molecule has 6 nitrogen and oxygen atoms in total. The fourth-order valence-corrected chi connectivity index (χ4v) is 6.95. The Morgan fingerprint density at radius 2 is 1.48 bits per heavy atom. The van der Waals surface area contributed by atoms with Crippen LogP contribution in [0.4, 0.5) is 0 Å². The zero-order chi connectivity index (χ0) is 34.7. The first-order valence-corrected chi connectivity index (χ1v) is 19.3. The summed E-state index contributed by atoms with van der Waals surface area (Å²) in [6.07, 6.45) is 29.9. The molecular weight excluding hydrogens is 600 g/mol. The number of rotatable bonds is 28. The van der Waals surface area contributed by atoms with Crippen molar-refractivity contribution < 1.29 is 28.9 Å². The average molecular weight is 669 g/mol. The van der Waals surface area contributed by atoms with Crippen LogP contribution in [0.15, 0.2) is 54.6 Å². The summed E-state index contributed by atoms with van der Waals surface area (Å²) in [6.45, 7) is 4.22. The van der Waals surface area contributed by atoms with Gasteiger partial charge in [0.25, 0.3) is 0 Å². The zero-order valence-corrected chi connectivity index (χ0v) is 30.6. The number of carbonyl (C=O) groups is 2. The second-order valence-corrected chi connectivity index (χ2v) is 13.8. The lowest BCUT2D eigenvalue weighted by molar-refractivity contribution is -0.148. The van der Waals surface area contributed by atoms with Crippen molar-refractivity contribution in [3.63, 3.8) is 0 Å². The molecule has 2 rings (SSSR count). The van der Waals surface area contributed by atoms with Crippen LogP contribution in [0.1, 0.15) is 148 Å². The summed E-state index contributed by atoms with van der Waals surface area (Å²) in [5, 5.41) is 10.9. The normalized spacial score (nSPS) is 20.1. The third-order valence-electron chi connectivity index (χ3n) is 9.81. The van der Waals surface area contributed by atoms with E-state index in [0.29, 0.717) is 19.4 Å². The van der Waals surface area contributed by atoms with Gasteiger partial charge < -0.3 is 19.3 Å². The molecule has 1 aromatic rings. The van der Waals surface area contributed by atoms with E-state index in [4.69, 9.17) is 14.2 Å². The molecule has 5 atom stereocenters. The van der Waals surface area contributed by atoms with Crippen molar-refractivity contribution in [2.75, 3.05) is 13.7 Å². The van der Waals surface area contributed by atoms with Crippen LogP contribution >= 0.6 is 0 Å². The molecule has 1 unspecified atom stereocenters. The van der Waals surface area contributed by atoms with Gasteiger partial charge in [-0.3, -0.25) is 9.59 Å². The van der Waals surface area contributed by atoms with Crippen molar-refractivity contribution in [2.45, 2.75) is 167 Å². The summed E-state index contributed by atoms with van der Waals surface area (Å²) < 4.78 is 16.9. The highest BCUT2D eigenvalue weighted by atomic mass is 16.5. The largest absolute Gasteiger partial charge is 0.466 e. The number of ether oxygens (including phenoxy) is 3. The minimum atomic E-state index is -0.503. The maximum atomic E-state index is 12.2. The Balaban J connectivity index is 1.57. The fraction of sp³-hybridized carbons (Fsp3) is 0.714. The van der Waals surface area contributed by atoms with E-state index in [2.05, 4.69) is 55.5 Å². The molecule has 0 spiro atoms. The van der Waals surface area contributed by atoms with Crippen molar-refractivity contribution in [3.8, 4) is 0 Å². The Morgan fingerprint density at radius 1 is 0.833 bits per heavy atom.